The largest absolute Gasteiger partial charge is 0.370 e. The van der Waals surface area contributed by atoms with Crippen molar-refractivity contribution in [3.05, 3.63) is 0 Å². The molecule has 0 saturated heterocycles. The maximum absolute atomic E-state index is 6.82. The standard InChI is InChI=1S/C19H37NO/c1-3-14-20-16-19(12-7-5-6-8-13-19)21-18-11-9-10-17(4-2)15-18/h17-18,20H,3-16H2,1-2H3. The van der Waals surface area contributed by atoms with Crippen LogP contribution in [0.4, 0.5) is 0 Å². The van der Waals surface area contributed by atoms with Gasteiger partial charge in [0.2, 0.25) is 0 Å². The molecule has 2 heteroatoms. The number of rotatable bonds is 7. The van der Waals surface area contributed by atoms with E-state index in [2.05, 4.69) is 19.2 Å². The van der Waals surface area contributed by atoms with Crippen molar-refractivity contribution >= 4 is 0 Å². The summed E-state index contributed by atoms with van der Waals surface area (Å²) in [4.78, 5) is 0. The molecule has 0 amide bonds. The van der Waals surface area contributed by atoms with Crippen LogP contribution in [0.2, 0.25) is 0 Å². The molecular weight excluding hydrogens is 258 g/mol. The molecule has 0 heterocycles. The van der Waals surface area contributed by atoms with Crippen LogP contribution in [0.1, 0.15) is 90.9 Å². The van der Waals surface area contributed by atoms with Gasteiger partial charge in [-0.05, 0) is 44.6 Å². The average Bonchev–Trinajstić information content (AvgIpc) is 2.74. The van der Waals surface area contributed by atoms with Crippen molar-refractivity contribution in [2.45, 2.75) is 103 Å². The van der Waals surface area contributed by atoms with Crippen LogP contribution in [0.15, 0.2) is 0 Å². The van der Waals surface area contributed by atoms with Crippen LogP contribution in [0, 0.1) is 5.92 Å². The third-order valence-electron chi connectivity index (χ3n) is 5.62. The van der Waals surface area contributed by atoms with Crippen LogP contribution in [0.25, 0.3) is 0 Å². The van der Waals surface area contributed by atoms with E-state index in [1.54, 1.807) is 0 Å². The van der Waals surface area contributed by atoms with Crippen LogP contribution in [0.5, 0.6) is 0 Å². The van der Waals surface area contributed by atoms with E-state index in [1.807, 2.05) is 0 Å². The first-order valence-corrected chi connectivity index (χ1v) is 9.66. The Kier molecular flexibility index (Phi) is 7.53. The summed E-state index contributed by atoms with van der Waals surface area (Å²) >= 11 is 0. The topological polar surface area (TPSA) is 21.3 Å². The summed E-state index contributed by atoms with van der Waals surface area (Å²) in [6, 6.07) is 0. The first-order valence-electron chi connectivity index (χ1n) is 9.66. The fourth-order valence-electron chi connectivity index (χ4n) is 4.28. The molecule has 0 aliphatic heterocycles. The summed E-state index contributed by atoms with van der Waals surface area (Å²) in [6.45, 7) is 6.80. The van der Waals surface area contributed by atoms with Gasteiger partial charge in [0.1, 0.15) is 0 Å². The summed E-state index contributed by atoms with van der Waals surface area (Å²) in [5.41, 5.74) is 0.145. The van der Waals surface area contributed by atoms with E-state index < -0.39 is 0 Å². The van der Waals surface area contributed by atoms with Gasteiger partial charge in [-0.25, -0.2) is 0 Å². The molecule has 0 radical (unpaired) electrons. The molecule has 0 bridgehead atoms. The van der Waals surface area contributed by atoms with Gasteiger partial charge in [-0.15, -0.1) is 0 Å². The van der Waals surface area contributed by atoms with Crippen LogP contribution in [-0.2, 0) is 4.74 Å². The van der Waals surface area contributed by atoms with E-state index in [-0.39, 0.29) is 5.60 Å². The highest BCUT2D eigenvalue weighted by molar-refractivity contribution is 4.88. The highest BCUT2D eigenvalue weighted by Gasteiger charge is 2.35. The molecule has 0 aromatic rings. The monoisotopic (exact) mass is 295 g/mol. The number of ether oxygens (including phenoxy) is 1. The smallest absolute Gasteiger partial charge is 0.0810 e. The normalized spacial score (nSPS) is 30.0. The molecule has 124 valence electrons. The van der Waals surface area contributed by atoms with E-state index in [0.29, 0.717) is 6.10 Å². The summed E-state index contributed by atoms with van der Waals surface area (Å²) in [5.74, 6) is 0.912. The molecule has 2 atom stereocenters. The first-order chi connectivity index (χ1) is 10.3. The van der Waals surface area contributed by atoms with Crippen molar-refractivity contribution in [2.75, 3.05) is 13.1 Å². The molecule has 0 spiro atoms. The minimum absolute atomic E-state index is 0.145. The zero-order chi connectivity index (χ0) is 15.0. The Morgan fingerprint density at radius 2 is 1.76 bits per heavy atom. The van der Waals surface area contributed by atoms with Crippen LogP contribution < -0.4 is 5.32 Å². The second-order valence-electron chi connectivity index (χ2n) is 7.45. The van der Waals surface area contributed by atoms with Crippen molar-refractivity contribution in [1.29, 1.82) is 0 Å². The number of nitrogens with one attached hydrogen (secondary N) is 1. The van der Waals surface area contributed by atoms with Gasteiger partial charge in [0.15, 0.2) is 0 Å². The Labute approximate surface area is 132 Å². The maximum Gasteiger partial charge on any atom is 0.0810 e. The fourth-order valence-corrected chi connectivity index (χ4v) is 4.28. The van der Waals surface area contributed by atoms with Gasteiger partial charge in [0.25, 0.3) is 0 Å². The zero-order valence-electron chi connectivity index (χ0n) is 14.5. The van der Waals surface area contributed by atoms with Gasteiger partial charge in [-0.2, -0.15) is 0 Å². The van der Waals surface area contributed by atoms with E-state index in [1.165, 1.54) is 77.0 Å². The van der Waals surface area contributed by atoms with E-state index in [0.717, 1.165) is 19.0 Å². The summed E-state index contributed by atoms with van der Waals surface area (Å²) < 4.78 is 6.82. The molecule has 0 aromatic heterocycles. The van der Waals surface area contributed by atoms with E-state index >= 15 is 0 Å². The predicted molar refractivity (Wildman–Crippen MR) is 90.7 cm³/mol. The quantitative estimate of drug-likeness (QED) is 0.523. The SMILES string of the molecule is CCCNCC1(OC2CCCC(CC)C2)CCCCCC1. The van der Waals surface area contributed by atoms with Gasteiger partial charge in [0, 0.05) is 6.54 Å². The predicted octanol–water partition coefficient (Wildman–Crippen LogP) is 5.06. The Bertz CT molecular complexity index is 271. The lowest BCUT2D eigenvalue weighted by atomic mass is 9.84. The maximum atomic E-state index is 6.82. The van der Waals surface area contributed by atoms with Crippen LogP contribution in [0.3, 0.4) is 0 Å². The average molecular weight is 296 g/mol. The zero-order valence-corrected chi connectivity index (χ0v) is 14.5. The Morgan fingerprint density at radius 3 is 2.43 bits per heavy atom. The number of hydrogen-bond acceptors (Lipinski definition) is 2. The van der Waals surface area contributed by atoms with Crippen LogP contribution >= 0.6 is 0 Å². The second-order valence-corrected chi connectivity index (χ2v) is 7.45. The lowest BCUT2D eigenvalue weighted by Gasteiger charge is -2.40. The van der Waals surface area contributed by atoms with Gasteiger partial charge in [-0.3, -0.25) is 0 Å². The number of hydrogen-bond donors (Lipinski definition) is 1. The van der Waals surface area contributed by atoms with Crippen molar-refractivity contribution in [3.63, 3.8) is 0 Å². The molecule has 1 N–H and O–H groups in total. The Hall–Kier alpha value is -0.0800. The molecule has 2 aliphatic rings. The van der Waals surface area contributed by atoms with Gasteiger partial charge < -0.3 is 10.1 Å². The minimum Gasteiger partial charge on any atom is -0.370 e. The van der Waals surface area contributed by atoms with Crippen molar-refractivity contribution in [1.82, 2.24) is 5.32 Å². The van der Waals surface area contributed by atoms with Crippen molar-refractivity contribution in [2.24, 2.45) is 5.92 Å². The fraction of sp³-hybridized carbons (Fsp3) is 1.00. The summed E-state index contributed by atoms with van der Waals surface area (Å²) in [6.07, 6.45) is 16.6. The highest BCUT2D eigenvalue weighted by atomic mass is 16.5. The Morgan fingerprint density at radius 1 is 1.00 bits per heavy atom. The first kappa shape index (κ1) is 17.3. The van der Waals surface area contributed by atoms with E-state index in [9.17, 15) is 0 Å². The van der Waals surface area contributed by atoms with Gasteiger partial charge in [-0.1, -0.05) is 58.8 Å². The lowest BCUT2D eigenvalue weighted by Crippen LogP contribution is -2.46. The van der Waals surface area contributed by atoms with Gasteiger partial charge >= 0.3 is 0 Å². The van der Waals surface area contributed by atoms with Crippen molar-refractivity contribution in [3.8, 4) is 0 Å². The van der Waals surface area contributed by atoms with Crippen LogP contribution in [-0.4, -0.2) is 24.8 Å². The molecular formula is C19H37NO. The molecule has 2 saturated carbocycles. The highest BCUT2D eigenvalue weighted by Crippen LogP contribution is 2.36. The molecule has 2 unspecified atom stereocenters. The molecule has 2 fully saturated rings. The third-order valence-corrected chi connectivity index (χ3v) is 5.62. The summed E-state index contributed by atoms with van der Waals surface area (Å²) in [7, 11) is 0. The lowest BCUT2D eigenvalue weighted by molar-refractivity contribution is -0.118. The van der Waals surface area contributed by atoms with Gasteiger partial charge in [0.05, 0.1) is 11.7 Å². The van der Waals surface area contributed by atoms with Crippen molar-refractivity contribution < 1.29 is 4.74 Å². The summed E-state index contributed by atoms with van der Waals surface area (Å²) in [5, 5.41) is 3.66. The minimum atomic E-state index is 0.145. The Balaban J connectivity index is 1.93. The molecule has 2 nitrogen and oxygen atoms in total. The molecule has 2 aliphatic carbocycles. The molecule has 0 aromatic carbocycles. The third kappa shape index (κ3) is 5.56. The molecule has 21 heavy (non-hydrogen) atoms. The molecule has 2 rings (SSSR count). The van der Waals surface area contributed by atoms with E-state index in [4.69, 9.17) is 4.74 Å². The second kappa shape index (κ2) is 9.15.